The van der Waals surface area contributed by atoms with Crippen LogP contribution in [0.1, 0.15) is 12.2 Å². The minimum Gasteiger partial charge on any atom is -0.481 e. The number of rotatable bonds is 6. The normalized spacial score (nSPS) is 11.5. The molecule has 0 amide bonds. The van der Waals surface area contributed by atoms with Crippen molar-refractivity contribution in [2.45, 2.75) is 13.0 Å². The molecule has 0 radical (unpaired) electrons. The van der Waals surface area contributed by atoms with Crippen LogP contribution in [0.3, 0.4) is 0 Å². The average molecular weight is 235 g/mol. The van der Waals surface area contributed by atoms with E-state index in [0.717, 1.165) is 6.39 Å². The maximum atomic E-state index is 11.2. The maximum absolute atomic E-state index is 11.2. The minimum absolute atomic E-state index is 0.113. The van der Waals surface area contributed by atoms with Gasteiger partial charge in [-0.25, -0.2) is 13.1 Å². The quantitative estimate of drug-likeness (QED) is 0.645. The lowest BCUT2D eigenvalue weighted by Gasteiger charge is -2.01. The number of hydrogen-bond acceptors (Lipinski definition) is 6. The molecule has 0 aliphatic heterocycles. The second-order valence-corrected chi connectivity index (χ2v) is 4.56. The van der Waals surface area contributed by atoms with Gasteiger partial charge in [-0.15, -0.1) is 0 Å². The van der Waals surface area contributed by atoms with Gasteiger partial charge in [-0.05, 0) is 0 Å². The summed E-state index contributed by atoms with van der Waals surface area (Å²) in [6.07, 6.45) is 0.627. The first-order valence-corrected chi connectivity index (χ1v) is 5.59. The van der Waals surface area contributed by atoms with Gasteiger partial charge in [0, 0.05) is 0 Å². The summed E-state index contributed by atoms with van der Waals surface area (Å²) in [7, 11) is -3.61. The lowest BCUT2D eigenvalue weighted by Crippen LogP contribution is -2.27. The fourth-order valence-corrected chi connectivity index (χ4v) is 1.68. The molecule has 0 spiro atoms. The smallest absolute Gasteiger partial charge is 0.304 e. The van der Waals surface area contributed by atoms with Gasteiger partial charge in [0.1, 0.15) is 0 Å². The second kappa shape index (κ2) is 4.84. The van der Waals surface area contributed by atoms with E-state index in [1.54, 1.807) is 0 Å². The monoisotopic (exact) mass is 235 g/mol. The molecule has 0 aliphatic carbocycles. The van der Waals surface area contributed by atoms with E-state index in [-0.39, 0.29) is 12.4 Å². The minimum atomic E-state index is -3.61. The van der Waals surface area contributed by atoms with Crippen LogP contribution < -0.4 is 4.72 Å². The van der Waals surface area contributed by atoms with Crippen LogP contribution >= 0.6 is 0 Å². The highest BCUT2D eigenvalue weighted by atomic mass is 32.2. The molecule has 0 unspecified atom stereocenters. The Morgan fingerprint density at radius 3 is 2.87 bits per heavy atom. The number of nitrogens with one attached hydrogen (secondary N) is 1. The SMILES string of the molecule is O=C(O)CCS(=O)(=O)NCc1ncon1. The van der Waals surface area contributed by atoms with Gasteiger partial charge in [-0.1, -0.05) is 5.16 Å². The molecule has 0 aliphatic rings. The average Bonchev–Trinajstić information content (AvgIpc) is 2.65. The number of sulfonamides is 1. The molecule has 1 heterocycles. The van der Waals surface area contributed by atoms with E-state index in [2.05, 4.69) is 19.4 Å². The Balaban J connectivity index is 2.40. The molecule has 0 aromatic carbocycles. The molecule has 1 rings (SSSR count). The molecule has 2 N–H and O–H groups in total. The predicted molar refractivity (Wildman–Crippen MR) is 47.2 cm³/mol. The molecular formula is C6H9N3O5S. The third-order valence-corrected chi connectivity index (χ3v) is 2.77. The van der Waals surface area contributed by atoms with Gasteiger partial charge in [0.25, 0.3) is 0 Å². The van der Waals surface area contributed by atoms with Crippen molar-refractivity contribution in [3.05, 3.63) is 12.2 Å². The van der Waals surface area contributed by atoms with Crippen LogP contribution in [0, 0.1) is 0 Å². The third-order valence-electron chi connectivity index (χ3n) is 1.44. The highest BCUT2D eigenvalue weighted by Gasteiger charge is 2.13. The summed E-state index contributed by atoms with van der Waals surface area (Å²) >= 11 is 0. The van der Waals surface area contributed by atoms with Gasteiger partial charge in [0.2, 0.25) is 16.4 Å². The lowest BCUT2D eigenvalue weighted by atomic mass is 10.5. The molecule has 15 heavy (non-hydrogen) atoms. The van der Waals surface area contributed by atoms with Crippen molar-refractivity contribution in [3.8, 4) is 0 Å². The van der Waals surface area contributed by atoms with E-state index in [9.17, 15) is 13.2 Å². The van der Waals surface area contributed by atoms with Gasteiger partial charge >= 0.3 is 5.97 Å². The van der Waals surface area contributed by atoms with E-state index in [1.807, 2.05) is 0 Å². The molecule has 84 valence electrons. The number of carboxylic acid groups (broad SMARTS) is 1. The van der Waals surface area contributed by atoms with E-state index in [1.165, 1.54) is 0 Å². The molecule has 1 aromatic heterocycles. The van der Waals surface area contributed by atoms with Crippen LogP contribution in [-0.4, -0.2) is 35.4 Å². The van der Waals surface area contributed by atoms with E-state index in [4.69, 9.17) is 5.11 Å². The van der Waals surface area contributed by atoms with Crippen molar-refractivity contribution < 1.29 is 22.8 Å². The van der Waals surface area contributed by atoms with E-state index < -0.39 is 28.2 Å². The highest BCUT2D eigenvalue weighted by molar-refractivity contribution is 7.89. The molecule has 0 atom stereocenters. The number of aromatic nitrogens is 2. The summed E-state index contributed by atoms with van der Waals surface area (Å²) in [6.45, 7) is -0.113. The van der Waals surface area contributed by atoms with Crippen molar-refractivity contribution in [1.82, 2.24) is 14.9 Å². The number of hydrogen-bond donors (Lipinski definition) is 2. The van der Waals surface area contributed by atoms with Gasteiger partial charge in [0.15, 0.2) is 5.82 Å². The Kier molecular flexibility index (Phi) is 3.74. The van der Waals surface area contributed by atoms with Gasteiger partial charge in [-0.3, -0.25) is 4.79 Å². The van der Waals surface area contributed by atoms with E-state index in [0.29, 0.717) is 0 Å². The second-order valence-electron chi connectivity index (χ2n) is 2.63. The van der Waals surface area contributed by atoms with Crippen molar-refractivity contribution in [3.63, 3.8) is 0 Å². The first kappa shape index (κ1) is 11.6. The maximum Gasteiger partial charge on any atom is 0.304 e. The van der Waals surface area contributed by atoms with Crippen LogP contribution in [0.2, 0.25) is 0 Å². The van der Waals surface area contributed by atoms with Crippen LogP contribution in [0.25, 0.3) is 0 Å². The molecule has 1 aromatic rings. The first-order valence-electron chi connectivity index (χ1n) is 3.94. The third kappa shape index (κ3) is 4.51. The van der Waals surface area contributed by atoms with Crippen LogP contribution in [0.15, 0.2) is 10.9 Å². The molecule has 0 saturated heterocycles. The molecule has 0 saturated carbocycles. The standard InChI is InChI=1S/C6H9N3O5S/c10-6(11)1-2-15(12,13)8-3-5-7-4-14-9-5/h4,8H,1-3H2,(H,10,11). The number of aliphatic carboxylic acids is 1. The summed E-state index contributed by atoms with van der Waals surface area (Å²) in [4.78, 5) is 13.7. The zero-order valence-electron chi connectivity index (χ0n) is 7.58. The number of carboxylic acids is 1. The van der Waals surface area contributed by atoms with E-state index >= 15 is 0 Å². The summed E-state index contributed by atoms with van der Waals surface area (Å²) < 4.78 is 28.9. The number of carbonyl (C=O) groups is 1. The Morgan fingerprint density at radius 1 is 1.60 bits per heavy atom. The Labute approximate surface area is 85.3 Å². The fourth-order valence-electron chi connectivity index (χ4n) is 0.739. The zero-order valence-corrected chi connectivity index (χ0v) is 8.40. The molecule has 8 nitrogen and oxygen atoms in total. The Bertz CT molecular complexity index is 412. The Morgan fingerprint density at radius 2 is 2.33 bits per heavy atom. The first-order chi connectivity index (χ1) is 6.99. The molecule has 0 bridgehead atoms. The topological polar surface area (TPSA) is 122 Å². The lowest BCUT2D eigenvalue weighted by molar-refractivity contribution is -0.136. The van der Waals surface area contributed by atoms with Crippen molar-refractivity contribution >= 4 is 16.0 Å². The summed E-state index contributed by atoms with van der Waals surface area (Å²) in [6, 6.07) is 0. The summed E-state index contributed by atoms with van der Waals surface area (Å²) in [5, 5.41) is 11.7. The zero-order chi connectivity index (χ0) is 11.3. The Hall–Kier alpha value is -1.48. The van der Waals surface area contributed by atoms with Crippen LogP contribution in [0.5, 0.6) is 0 Å². The fraction of sp³-hybridized carbons (Fsp3) is 0.500. The predicted octanol–water partition coefficient (Wildman–Crippen LogP) is -1.04. The van der Waals surface area contributed by atoms with Crippen molar-refractivity contribution in [2.24, 2.45) is 0 Å². The summed E-state index contributed by atoms with van der Waals surface area (Å²) in [5.41, 5.74) is 0. The van der Waals surface area contributed by atoms with Crippen molar-refractivity contribution in [2.75, 3.05) is 5.75 Å². The highest BCUT2D eigenvalue weighted by Crippen LogP contribution is 1.93. The number of nitrogens with zero attached hydrogens (tertiary/aromatic N) is 2. The van der Waals surface area contributed by atoms with Crippen LogP contribution in [0.4, 0.5) is 0 Å². The van der Waals surface area contributed by atoms with Gasteiger partial charge < -0.3 is 9.63 Å². The van der Waals surface area contributed by atoms with Crippen molar-refractivity contribution in [1.29, 1.82) is 0 Å². The van der Waals surface area contributed by atoms with Gasteiger partial charge in [-0.2, -0.15) is 4.98 Å². The van der Waals surface area contributed by atoms with Crippen LogP contribution in [-0.2, 0) is 21.4 Å². The van der Waals surface area contributed by atoms with Gasteiger partial charge in [0.05, 0.1) is 18.7 Å². The molecule has 9 heteroatoms. The largest absolute Gasteiger partial charge is 0.481 e. The molecule has 0 fully saturated rings. The summed E-state index contributed by atoms with van der Waals surface area (Å²) in [5.74, 6) is -1.45. The molecular weight excluding hydrogens is 226 g/mol.